The molecule has 9 heteroatoms. The van der Waals surface area contributed by atoms with Crippen LogP contribution >= 0.6 is 11.3 Å². The number of aryl methyl sites for hydroxylation is 1. The number of carbonyl (C=O) groups is 1. The molecule has 0 aliphatic heterocycles. The maximum Gasteiger partial charge on any atom is 0.406 e. The van der Waals surface area contributed by atoms with Crippen LogP contribution < -0.4 is 4.87 Å². The van der Waals surface area contributed by atoms with Crippen LogP contribution in [-0.4, -0.2) is 46.4 Å². The van der Waals surface area contributed by atoms with Gasteiger partial charge in [0.05, 0.1) is 6.61 Å². The van der Waals surface area contributed by atoms with Crippen LogP contribution in [0, 0.1) is 6.92 Å². The fraction of sp³-hybridized carbons (Fsp3) is 0.667. The highest BCUT2D eigenvalue weighted by Crippen LogP contribution is 2.17. The molecule has 0 unspecified atom stereocenters. The summed E-state index contributed by atoms with van der Waals surface area (Å²) in [5.41, 5.74) is 0.764. The summed E-state index contributed by atoms with van der Waals surface area (Å²) in [7, 11) is 0. The molecule has 0 fully saturated rings. The Morgan fingerprint density at radius 3 is 2.62 bits per heavy atom. The molecule has 1 rings (SSSR count). The molecule has 0 aromatic carbocycles. The zero-order chi connectivity index (χ0) is 16.0. The fourth-order valence-electron chi connectivity index (χ4n) is 1.85. The van der Waals surface area contributed by atoms with Crippen molar-refractivity contribution in [3.8, 4) is 0 Å². The summed E-state index contributed by atoms with van der Waals surface area (Å²) < 4.78 is 38.4. The molecule has 0 spiro atoms. The Hall–Kier alpha value is -1.35. The molecule has 120 valence electrons. The Kier molecular flexibility index (Phi) is 6.41. The Morgan fingerprint density at radius 1 is 1.48 bits per heavy atom. The van der Waals surface area contributed by atoms with Crippen LogP contribution in [0.2, 0.25) is 0 Å². The SMILES string of the molecule is Cc1csc(=O)n1CCCC(=O)N(CCO)CC(F)(F)F. The number of halogens is 3. The van der Waals surface area contributed by atoms with Crippen molar-refractivity contribution in [3.05, 3.63) is 20.7 Å². The van der Waals surface area contributed by atoms with Gasteiger partial charge in [-0.25, -0.2) is 0 Å². The van der Waals surface area contributed by atoms with Crippen molar-refractivity contribution in [2.45, 2.75) is 32.5 Å². The molecule has 0 aliphatic carbocycles. The van der Waals surface area contributed by atoms with E-state index in [0.717, 1.165) is 17.0 Å². The maximum absolute atomic E-state index is 12.3. The first-order chi connectivity index (χ1) is 9.74. The van der Waals surface area contributed by atoms with E-state index < -0.39 is 25.2 Å². The number of amides is 1. The van der Waals surface area contributed by atoms with Gasteiger partial charge in [-0.15, -0.1) is 0 Å². The second-order valence-corrected chi connectivity index (χ2v) is 5.37. The van der Waals surface area contributed by atoms with E-state index in [1.807, 2.05) is 0 Å². The molecular weight excluding hydrogens is 309 g/mol. The van der Waals surface area contributed by atoms with Gasteiger partial charge in [0.1, 0.15) is 6.54 Å². The number of rotatable bonds is 7. The second-order valence-electron chi connectivity index (χ2n) is 4.55. The first kappa shape index (κ1) is 17.7. The molecule has 5 nitrogen and oxygen atoms in total. The average molecular weight is 326 g/mol. The van der Waals surface area contributed by atoms with Crippen molar-refractivity contribution in [3.63, 3.8) is 0 Å². The number of alkyl halides is 3. The largest absolute Gasteiger partial charge is 0.406 e. The monoisotopic (exact) mass is 326 g/mol. The minimum absolute atomic E-state index is 0.0994. The van der Waals surface area contributed by atoms with Gasteiger partial charge in [0, 0.05) is 30.6 Å². The van der Waals surface area contributed by atoms with Gasteiger partial charge in [0.25, 0.3) is 0 Å². The number of aliphatic hydroxyl groups excluding tert-OH is 1. The summed E-state index contributed by atoms with van der Waals surface area (Å²) in [5, 5.41) is 10.4. The highest BCUT2D eigenvalue weighted by atomic mass is 32.1. The average Bonchev–Trinajstić information content (AvgIpc) is 2.68. The Balaban J connectivity index is 2.52. The summed E-state index contributed by atoms with van der Waals surface area (Å²) in [6.07, 6.45) is -4.32. The number of carbonyl (C=O) groups excluding carboxylic acids is 1. The summed E-state index contributed by atoms with van der Waals surface area (Å²) >= 11 is 1.04. The number of aromatic nitrogens is 1. The lowest BCUT2D eigenvalue weighted by Crippen LogP contribution is -2.40. The predicted octanol–water partition coefficient (Wildman–Crippen LogP) is 1.38. The van der Waals surface area contributed by atoms with Crippen molar-refractivity contribution < 1.29 is 23.1 Å². The van der Waals surface area contributed by atoms with Gasteiger partial charge in [0.2, 0.25) is 5.91 Å². The summed E-state index contributed by atoms with van der Waals surface area (Å²) in [6, 6.07) is 0. The number of hydrogen-bond acceptors (Lipinski definition) is 4. The number of thiazole rings is 1. The van der Waals surface area contributed by atoms with Crippen molar-refractivity contribution in [1.29, 1.82) is 0 Å². The number of aliphatic hydroxyl groups is 1. The normalized spacial score (nSPS) is 11.7. The highest BCUT2D eigenvalue weighted by molar-refractivity contribution is 7.07. The van der Waals surface area contributed by atoms with Gasteiger partial charge in [-0.3, -0.25) is 9.59 Å². The quantitative estimate of drug-likeness (QED) is 0.823. The van der Waals surface area contributed by atoms with Gasteiger partial charge in [-0.05, 0) is 13.3 Å². The Bertz CT molecular complexity index is 525. The first-order valence-corrected chi connectivity index (χ1v) is 7.23. The topological polar surface area (TPSA) is 62.5 Å². The van der Waals surface area contributed by atoms with Crippen LogP contribution in [0.15, 0.2) is 10.2 Å². The number of nitrogens with zero attached hydrogens (tertiary/aromatic N) is 2. The first-order valence-electron chi connectivity index (χ1n) is 6.35. The minimum Gasteiger partial charge on any atom is -0.395 e. The number of hydrogen-bond donors (Lipinski definition) is 1. The molecule has 0 radical (unpaired) electrons. The summed E-state index contributed by atoms with van der Waals surface area (Å²) in [5.74, 6) is -0.678. The van der Waals surface area contributed by atoms with E-state index in [2.05, 4.69) is 0 Å². The van der Waals surface area contributed by atoms with Crippen LogP contribution in [-0.2, 0) is 11.3 Å². The molecule has 0 saturated carbocycles. The molecule has 0 atom stereocenters. The molecule has 21 heavy (non-hydrogen) atoms. The van der Waals surface area contributed by atoms with Crippen LogP contribution in [0.3, 0.4) is 0 Å². The lowest BCUT2D eigenvalue weighted by atomic mass is 10.2. The molecule has 0 bridgehead atoms. The van der Waals surface area contributed by atoms with Crippen LogP contribution in [0.1, 0.15) is 18.5 Å². The third kappa shape index (κ3) is 5.88. The lowest BCUT2D eigenvalue weighted by molar-refractivity contribution is -0.162. The third-order valence-electron chi connectivity index (χ3n) is 2.84. The molecule has 0 saturated heterocycles. The third-order valence-corrected chi connectivity index (χ3v) is 3.72. The van der Waals surface area contributed by atoms with Gasteiger partial charge >= 0.3 is 11.0 Å². The minimum atomic E-state index is -4.49. The summed E-state index contributed by atoms with van der Waals surface area (Å²) in [6.45, 7) is -0.204. The summed E-state index contributed by atoms with van der Waals surface area (Å²) in [4.78, 5) is 23.6. The van der Waals surface area contributed by atoms with Crippen molar-refractivity contribution in [2.75, 3.05) is 19.7 Å². The molecular formula is C12H17F3N2O3S. The van der Waals surface area contributed by atoms with Crippen LogP contribution in [0.5, 0.6) is 0 Å². The fourth-order valence-corrected chi connectivity index (χ4v) is 2.61. The zero-order valence-corrected chi connectivity index (χ0v) is 12.3. The predicted molar refractivity (Wildman–Crippen MR) is 72.3 cm³/mol. The smallest absolute Gasteiger partial charge is 0.395 e. The Labute approximate surface area is 123 Å². The van der Waals surface area contributed by atoms with E-state index in [4.69, 9.17) is 5.11 Å². The van der Waals surface area contributed by atoms with E-state index in [1.54, 1.807) is 12.3 Å². The second kappa shape index (κ2) is 7.60. The van der Waals surface area contributed by atoms with Gasteiger partial charge in [0.15, 0.2) is 0 Å². The lowest BCUT2D eigenvalue weighted by Gasteiger charge is -2.23. The standard InChI is InChI=1S/C12H17F3N2O3S/c1-9-7-21-11(20)17(9)4-2-3-10(19)16(5-6-18)8-12(13,14)15/h7,18H,2-6,8H2,1H3. The van der Waals surface area contributed by atoms with E-state index in [9.17, 15) is 22.8 Å². The molecule has 1 aromatic heterocycles. The van der Waals surface area contributed by atoms with Crippen molar-refractivity contribution in [2.24, 2.45) is 0 Å². The highest BCUT2D eigenvalue weighted by Gasteiger charge is 2.32. The molecule has 0 aliphatic rings. The van der Waals surface area contributed by atoms with Crippen molar-refractivity contribution in [1.82, 2.24) is 9.47 Å². The van der Waals surface area contributed by atoms with E-state index in [0.29, 0.717) is 11.4 Å². The molecule has 1 aromatic rings. The van der Waals surface area contributed by atoms with Gasteiger partial charge in [-0.2, -0.15) is 13.2 Å². The molecule has 1 N–H and O–H groups in total. The van der Waals surface area contributed by atoms with Crippen LogP contribution in [0.4, 0.5) is 13.2 Å². The van der Waals surface area contributed by atoms with E-state index >= 15 is 0 Å². The van der Waals surface area contributed by atoms with Gasteiger partial charge < -0.3 is 14.6 Å². The molecule has 1 amide bonds. The van der Waals surface area contributed by atoms with E-state index in [-0.39, 0.29) is 24.3 Å². The van der Waals surface area contributed by atoms with E-state index in [1.165, 1.54) is 4.57 Å². The molecule has 1 heterocycles. The maximum atomic E-state index is 12.3. The Morgan fingerprint density at radius 2 is 2.14 bits per heavy atom. The van der Waals surface area contributed by atoms with Gasteiger partial charge in [-0.1, -0.05) is 11.3 Å². The van der Waals surface area contributed by atoms with Crippen molar-refractivity contribution >= 4 is 17.2 Å². The zero-order valence-electron chi connectivity index (χ0n) is 11.5. The van der Waals surface area contributed by atoms with Crippen LogP contribution in [0.25, 0.3) is 0 Å².